The van der Waals surface area contributed by atoms with Crippen molar-refractivity contribution >= 4 is 39.1 Å². The predicted octanol–water partition coefficient (Wildman–Crippen LogP) is 2.68. The van der Waals surface area contributed by atoms with Crippen molar-refractivity contribution in [3.05, 3.63) is 53.1 Å². The van der Waals surface area contributed by atoms with Crippen LogP contribution >= 0.6 is 11.6 Å². The second-order valence-corrected chi connectivity index (χ2v) is 9.84. The quantitative estimate of drug-likeness (QED) is 0.497. The molecule has 2 aromatic carbocycles. The molecule has 0 aliphatic heterocycles. The van der Waals surface area contributed by atoms with Crippen LogP contribution < -0.4 is 19.1 Å². The third kappa shape index (κ3) is 7.01. The summed E-state index contributed by atoms with van der Waals surface area (Å²) in [5.41, 5.74) is 0.959. The number of halogens is 1. The van der Waals surface area contributed by atoms with Gasteiger partial charge in [-0.1, -0.05) is 23.7 Å². The van der Waals surface area contributed by atoms with Gasteiger partial charge in [-0.05, 0) is 49.7 Å². The molecule has 0 heterocycles. The van der Waals surface area contributed by atoms with Crippen molar-refractivity contribution < 1.29 is 27.5 Å². The Morgan fingerprint density at radius 2 is 1.74 bits per heavy atom. The first-order valence-electron chi connectivity index (χ1n) is 10.5. The van der Waals surface area contributed by atoms with Crippen molar-refractivity contribution in [1.82, 2.24) is 10.2 Å². The van der Waals surface area contributed by atoms with Gasteiger partial charge in [0.1, 0.15) is 24.1 Å². The molecule has 0 aliphatic rings. The maximum Gasteiger partial charge on any atom is 0.244 e. The molecule has 1 N–H and O–H groups in total. The fraction of sp³-hybridized carbons (Fsp3) is 0.391. The highest BCUT2D eigenvalue weighted by Crippen LogP contribution is 2.30. The molecule has 11 heteroatoms. The number of hydrogen-bond donors (Lipinski definition) is 1. The lowest BCUT2D eigenvalue weighted by Crippen LogP contribution is -2.51. The molecule has 0 unspecified atom stereocenters. The number of ether oxygens (including phenoxy) is 2. The van der Waals surface area contributed by atoms with Crippen LogP contribution in [0.1, 0.15) is 19.4 Å². The Bertz CT molecular complexity index is 1110. The number of nitrogens with zero attached hydrogens (tertiary/aromatic N) is 2. The first kappa shape index (κ1) is 27.3. The summed E-state index contributed by atoms with van der Waals surface area (Å²) in [7, 11) is -0.860. The molecule has 1 atom stereocenters. The van der Waals surface area contributed by atoms with E-state index in [0.717, 1.165) is 16.1 Å². The smallest absolute Gasteiger partial charge is 0.244 e. The van der Waals surface area contributed by atoms with E-state index in [0.29, 0.717) is 18.0 Å². The van der Waals surface area contributed by atoms with Crippen LogP contribution in [0.5, 0.6) is 11.5 Å². The van der Waals surface area contributed by atoms with E-state index in [9.17, 15) is 18.0 Å². The number of likely N-dealkylation sites (N-methyl/N-ethyl adjacent to an activating group) is 1. The monoisotopic (exact) mass is 511 g/mol. The Balaban J connectivity index is 2.39. The van der Waals surface area contributed by atoms with Gasteiger partial charge in [-0.15, -0.1) is 0 Å². The lowest BCUT2D eigenvalue weighted by atomic mass is 10.1. The molecule has 0 radical (unpaired) electrons. The summed E-state index contributed by atoms with van der Waals surface area (Å²) in [6.45, 7) is 3.36. The zero-order valence-electron chi connectivity index (χ0n) is 19.9. The van der Waals surface area contributed by atoms with Crippen molar-refractivity contribution in [2.45, 2.75) is 26.4 Å². The Labute approximate surface area is 205 Å². The fourth-order valence-corrected chi connectivity index (χ4v) is 4.35. The minimum absolute atomic E-state index is 0.0993. The van der Waals surface area contributed by atoms with Crippen LogP contribution in [0.25, 0.3) is 0 Å². The zero-order valence-corrected chi connectivity index (χ0v) is 21.4. The van der Waals surface area contributed by atoms with E-state index >= 15 is 0 Å². The van der Waals surface area contributed by atoms with Gasteiger partial charge in [0, 0.05) is 13.1 Å². The summed E-state index contributed by atoms with van der Waals surface area (Å²) in [5.74, 6) is 0.129. The number of nitrogens with one attached hydrogen (secondary N) is 1. The van der Waals surface area contributed by atoms with Crippen LogP contribution in [0.3, 0.4) is 0 Å². The number of anilines is 1. The third-order valence-corrected chi connectivity index (χ3v) is 6.57. The van der Waals surface area contributed by atoms with Gasteiger partial charge in [-0.3, -0.25) is 13.9 Å². The minimum atomic E-state index is -3.85. The summed E-state index contributed by atoms with van der Waals surface area (Å²) in [5, 5.41) is 2.90. The van der Waals surface area contributed by atoms with Crippen LogP contribution in [-0.4, -0.2) is 64.7 Å². The molecule has 0 saturated carbocycles. The van der Waals surface area contributed by atoms with E-state index in [2.05, 4.69) is 5.32 Å². The molecule has 0 spiro atoms. The van der Waals surface area contributed by atoms with E-state index in [1.807, 2.05) is 0 Å². The van der Waals surface area contributed by atoms with Gasteiger partial charge < -0.3 is 19.7 Å². The molecule has 2 rings (SSSR count). The highest BCUT2D eigenvalue weighted by Gasteiger charge is 2.30. The lowest BCUT2D eigenvalue weighted by Gasteiger charge is -2.31. The van der Waals surface area contributed by atoms with E-state index in [1.165, 1.54) is 30.2 Å². The summed E-state index contributed by atoms with van der Waals surface area (Å²) in [4.78, 5) is 27.3. The van der Waals surface area contributed by atoms with Crippen molar-refractivity contribution in [1.29, 1.82) is 0 Å². The maximum absolute atomic E-state index is 13.4. The largest absolute Gasteiger partial charge is 0.497 e. The molecule has 0 saturated heterocycles. The average molecular weight is 512 g/mol. The van der Waals surface area contributed by atoms with Crippen molar-refractivity contribution in [3.63, 3.8) is 0 Å². The number of rotatable bonds is 11. The summed E-state index contributed by atoms with van der Waals surface area (Å²) >= 11 is 6.18. The molecule has 186 valence electrons. The van der Waals surface area contributed by atoms with Crippen molar-refractivity contribution in [3.8, 4) is 11.5 Å². The van der Waals surface area contributed by atoms with E-state index < -0.39 is 28.5 Å². The van der Waals surface area contributed by atoms with Gasteiger partial charge >= 0.3 is 0 Å². The topological polar surface area (TPSA) is 105 Å². The lowest BCUT2D eigenvalue weighted by molar-refractivity contribution is -0.139. The number of amides is 2. The van der Waals surface area contributed by atoms with Crippen LogP contribution in [0.4, 0.5) is 5.69 Å². The van der Waals surface area contributed by atoms with Crippen molar-refractivity contribution in [2.75, 3.05) is 37.9 Å². The molecule has 34 heavy (non-hydrogen) atoms. The standard InChI is InChI=1S/C23H30ClN3O6S/c1-6-25-23(29)16(2)26(14-17-7-10-19(32-3)11-8-17)22(28)15-27(34(5,30)31)18-9-12-21(33-4)20(24)13-18/h7-13,16H,6,14-15H2,1-5H3,(H,25,29)/t16-/m0/s1. The molecular formula is C23H30ClN3O6S. The minimum Gasteiger partial charge on any atom is -0.497 e. The van der Waals surface area contributed by atoms with Gasteiger partial charge in [0.15, 0.2) is 0 Å². The molecular weight excluding hydrogens is 482 g/mol. The Morgan fingerprint density at radius 3 is 2.24 bits per heavy atom. The predicted molar refractivity (Wildman–Crippen MR) is 132 cm³/mol. The summed E-state index contributed by atoms with van der Waals surface area (Å²) in [6.07, 6.45) is 0.999. The van der Waals surface area contributed by atoms with Crippen molar-refractivity contribution in [2.24, 2.45) is 0 Å². The Morgan fingerprint density at radius 1 is 1.09 bits per heavy atom. The molecule has 0 fully saturated rings. The second kappa shape index (κ2) is 11.9. The van der Waals surface area contributed by atoms with E-state index in [4.69, 9.17) is 21.1 Å². The summed E-state index contributed by atoms with van der Waals surface area (Å²) in [6, 6.07) is 10.6. The highest BCUT2D eigenvalue weighted by atomic mass is 35.5. The number of hydrogen-bond acceptors (Lipinski definition) is 6. The maximum atomic E-state index is 13.4. The number of carbonyl (C=O) groups is 2. The third-order valence-electron chi connectivity index (χ3n) is 5.13. The summed E-state index contributed by atoms with van der Waals surface area (Å²) < 4.78 is 36.4. The van der Waals surface area contributed by atoms with Crippen LogP contribution in [-0.2, 0) is 26.2 Å². The number of benzene rings is 2. The second-order valence-electron chi connectivity index (χ2n) is 7.53. The first-order chi connectivity index (χ1) is 16.0. The van der Waals surface area contributed by atoms with Gasteiger partial charge in [0.05, 0.1) is 31.2 Å². The van der Waals surface area contributed by atoms with Crippen LogP contribution in [0.2, 0.25) is 5.02 Å². The number of carbonyl (C=O) groups excluding carboxylic acids is 2. The SMILES string of the molecule is CCNC(=O)[C@H](C)N(Cc1ccc(OC)cc1)C(=O)CN(c1ccc(OC)c(Cl)c1)S(C)(=O)=O. The molecule has 0 aromatic heterocycles. The average Bonchev–Trinajstić information content (AvgIpc) is 2.80. The zero-order chi connectivity index (χ0) is 25.5. The molecule has 9 nitrogen and oxygen atoms in total. The first-order valence-corrected chi connectivity index (χ1v) is 12.8. The number of methoxy groups -OCH3 is 2. The normalized spacial score (nSPS) is 11.9. The van der Waals surface area contributed by atoms with Crippen LogP contribution in [0, 0.1) is 0 Å². The Kier molecular flexibility index (Phi) is 9.57. The highest BCUT2D eigenvalue weighted by molar-refractivity contribution is 7.92. The van der Waals surface area contributed by atoms with E-state index in [-0.39, 0.29) is 23.2 Å². The number of sulfonamides is 1. The molecule has 0 aliphatic carbocycles. The van der Waals surface area contributed by atoms with Gasteiger partial charge in [0.2, 0.25) is 21.8 Å². The molecule has 0 bridgehead atoms. The van der Waals surface area contributed by atoms with Gasteiger partial charge in [-0.2, -0.15) is 0 Å². The fourth-order valence-electron chi connectivity index (χ4n) is 3.26. The Hall–Kier alpha value is -2.98. The van der Waals surface area contributed by atoms with Gasteiger partial charge in [-0.25, -0.2) is 8.42 Å². The molecule has 2 aromatic rings. The van der Waals surface area contributed by atoms with Crippen LogP contribution in [0.15, 0.2) is 42.5 Å². The van der Waals surface area contributed by atoms with Gasteiger partial charge in [0.25, 0.3) is 0 Å². The van der Waals surface area contributed by atoms with E-state index in [1.54, 1.807) is 45.2 Å². The molecule has 2 amide bonds.